The first-order valence-corrected chi connectivity index (χ1v) is 7.48. The second-order valence-electron chi connectivity index (χ2n) is 6.48. The van der Waals surface area contributed by atoms with Gasteiger partial charge in [0.05, 0.1) is 11.5 Å². The quantitative estimate of drug-likeness (QED) is 0.805. The number of amides is 1. The molecule has 0 saturated carbocycles. The lowest BCUT2D eigenvalue weighted by Crippen LogP contribution is -2.59. The zero-order valence-electron chi connectivity index (χ0n) is 13.5. The van der Waals surface area contributed by atoms with E-state index in [1.54, 1.807) is 13.8 Å². The average Bonchev–Trinajstić information content (AvgIpc) is 2.47. The van der Waals surface area contributed by atoms with Crippen LogP contribution >= 0.6 is 0 Å². The molecule has 0 spiro atoms. The smallest absolute Gasteiger partial charge is 0.413 e. The van der Waals surface area contributed by atoms with Crippen LogP contribution in [0, 0.1) is 11.3 Å². The Bertz CT molecular complexity index is 539. The topological polar surface area (TPSA) is 55.8 Å². The maximum Gasteiger partial charge on any atom is 0.413 e. The fourth-order valence-electron chi connectivity index (χ4n) is 3.07. The highest BCUT2D eigenvalue weighted by molar-refractivity contribution is 5.80. The Balaban J connectivity index is 2.08. The normalized spacial score (nSPS) is 20.7. The SMILES string of the molecule is CC(C)[C@@H]1N(C(=O)OCc2ccccc2)COC(=O)C1(C)C. The van der Waals surface area contributed by atoms with Gasteiger partial charge in [-0.1, -0.05) is 44.2 Å². The highest BCUT2D eigenvalue weighted by Crippen LogP contribution is 2.35. The van der Waals surface area contributed by atoms with E-state index in [0.717, 1.165) is 5.56 Å². The Morgan fingerprint density at radius 2 is 2.00 bits per heavy atom. The number of carbonyl (C=O) groups excluding carboxylic acids is 2. The van der Waals surface area contributed by atoms with Crippen molar-refractivity contribution in [1.29, 1.82) is 0 Å². The van der Waals surface area contributed by atoms with E-state index in [-0.39, 0.29) is 31.3 Å². The van der Waals surface area contributed by atoms with E-state index >= 15 is 0 Å². The van der Waals surface area contributed by atoms with Gasteiger partial charge >= 0.3 is 12.1 Å². The molecule has 1 aromatic carbocycles. The van der Waals surface area contributed by atoms with Crippen molar-refractivity contribution in [2.45, 2.75) is 40.3 Å². The minimum Gasteiger partial charge on any atom is -0.444 e. The zero-order valence-corrected chi connectivity index (χ0v) is 13.5. The molecule has 1 aromatic rings. The number of rotatable bonds is 3. The number of ether oxygens (including phenoxy) is 2. The van der Waals surface area contributed by atoms with Crippen LogP contribution in [0.3, 0.4) is 0 Å². The van der Waals surface area contributed by atoms with Crippen molar-refractivity contribution in [3.63, 3.8) is 0 Å². The third kappa shape index (κ3) is 3.24. The van der Waals surface area contributed by atoms with E-state index in [9.17, 15) is 9.59 Å². The fraction of sp³-hybridized carbons (Fsp3) is 0.529. The Hall–Kier alpha value is -2.04. The Kier molecular flexibility index (Phi) is 4.74. The van der Waals surface area contributed by atoms with Gasteiger partial charge in [0.25, 0.3) is 0 Å². The van der Waals surface area contributed by atoms with Gasteiger partial charge in [0, 0.05) is 0 Å². The summed E-state index contributed by atoms with van der Waals surface area (Å²) < 4.78 is 10.5. The molecule has 1 amide bonds. The maximum atomic E-state index is 12.4. The summed E-state index contributed by atoms with van der Waals surface area (Å²) in [4.78, 5) is 25.9. The van der Waals surface area contributed by atoms with Gasteiger partial charge in [-0.2, -0.15) is 0 Å². The van der Waals surface area contributed by atoms with Crippen LogP contribution in [0.15, 0.2) is 30.3 Å². The van der Waals surface area contributed by atoms with Gasteiger partial charge in [0.2, 0.25) is 0 Å². The summed E-state index contributed by atoms with van der Waals surface area (Å²) in [7, 11) is 0. The summed E-state index contributed by atoms with van der Waals surface area (Å²) >= 11 is 0. The predicted molar refractivity (Wildman–Crippen MR) is 81.8 cm³/mol. The number of esters is 1. The number of cyclic esters (lactones) is 1. The summed E-state index contributed by atoms with van der Waals surface area (Å²) in [5.41, 5.74) is 0.170. The van der Waals surface area contributed by atoms with Gasteiger partial charge in [-0.25, -0.2) is 4.79 Å². The van der Waals surface area contributed by atoms with E-state index in [4.69, 9.17) is 9.47 Å². The molecule has 120 valence electrons. The fourth-order valence-corrected chi connectivity index (χ4v) is 3.07. The van der Waals surface area contributed by atoms with Crippen molar-refractivity contribution in [3.8, 4) is 0 Å². The van der Waals surface area contributed by atoms with E-state index in [1.807, 2.05) is 44.2 Å². The van der Waals surface area contributed by atoms with E-state index in [1.165, 1.54) is 4.90 Å². The third-order valence-corrected chi connectivity index (χ3v) is 4.01. The van der Waals surface area contributed by atoms with Crippen LogP contribution in [0.25, 0.3) is 0 Å². The lowest BCUT2D eigenvalue weighted by atomic mass is 9.77. The molecular formula is C17H23NO4. The van der Waals surface area contributed by atoms with Gasteiger partial charge in [-0.3, -0.25) is 9.69 Å². The third-order valence-electron chi connectivity index (χ3n) is 4.01. The first-order valence-electron chi connectivity index (χ1n) is 7.48. The highest BCUT2D eigenvalue weighted by atomic mass is 16.6. The minimum absolute atomic E-state index is 0.0568. The second kappa shape index (κ2) is 6.38. The molecule has 0 bridgehead atoms. The molecule has 0 aliphatic carbocycles. The van der Waals surface area contributed by atoms with Crippen molar-refractivity contribution in [2.24, 2.45) is 11.3 Å². The molecule has 5 heteroatoms. The molecule has 1 aliphatic rings. The van der Waals surface area contributed by atoms with Crippen LogP contribution in [-0.4, -0.2) is 29.7 Å². The first-order chi connectivity index (χ1) is 10.3. The number of benzene rings is 1. The number of nitrogens with zero attached hydrogens (tertiary/aromatic N) is 1. The van der Waals surface area contributed by atoms with Crippen LogP contribution in [0.5, 0.6) is 0 Å². The number of hydrogen-bond acceptors (Lipinski definition) is 4. The molecule has 0 aromatic heterocycles. The van der Waals surface area contributed by atoms with E-state index in [2.05, 4.69) is 0 Å². The van der Waals surface area contributed by atoms with Crippen molar-refractivity contribution >= 4 is 12.1 Å². The number of carbonyl (C=O) groups is 2. The molecule has 22 heavy (non-hydrogen) atoms. The van der Waals surface area contributed by atoms with Crippen LogP contribution in [0.4, 0.5) is 4.79 Å². The average molecular weight is 305 g/mol. The molecule has 1 aliphatic heterocycles. The van der Waals surface area contributed by atoms with Crippen molar-refractivity contribution in [2.75, 3.05) is 6.73 Å². The molecule has 1 fully saturated rings. The molecule has 1 saturated heterocycles. The maximum absolute atomic E-state index is 12.4. The standard InChI is InChI=1S/C17H23NO4/c1-12(2)14-17(3,4)15(19)22-11-18(14)16(20)21-10-13-8-6-5-7-9-13/h5-9,12,14H,10-11H2,1-4H3/t14-/m0/s1. The van der Waals surface area contributed by atoms with E-state index < -0.39 is 11.5 Å². The Morgan fingerprint density at radius 1 is 1.36 bits per heavy atom. The first kappa shape index (κ1) is 16.3. The second-order valence-corrected chi connectivity index (χ2v) is 6.48. The Morgan fingerprint density at radius 3 is 2.59 bits per heavy atom. The lowest BCUT2D eigenvalue weighted by molar-refractivity contribution is -0.179. The predicted octanol–water partition coefficient (Wildman–Crippen LogP) is 3.19. The highest BCUT2D eigenvalue weighted by Gasteiger charge is 2.49. The van der Waals surface area contributed by atoms with Gasteiger partial charge < -0.3 is 9.47 Å². The molecule has 5 nitrogen and oxygen atoms in total. The molecule has 2 rings (SSSR count). The summed E-state index contributed by atoms with van der Waals surface area (Å²) in [5, 5.41) is 0. The largest absolute Gasteiger partial charge is 0.444 e. The van der Waals surface area contributed by atoms with E-state index in [0.29, 0.717) is 0 Å². The summed E-state index contributed by atoms with van der Waals surface area (Å²) in [6.45, 7) is 7.73. The zero-order chi connectivity index (χ0) is 16.3. The summed E-state index contributed by atoms with van der Waals surface area (Å²) in [5.74, 6) is -0.162. The summed E-state index contributed by atoms with van der Waals surface area (Å²) in [6.07, 6.45) is -0.455. The van der Waals surface area contributed by atoms with Crippen molar-refractivity contribution in [3.05, 3.63) is 35.9 Å². The molecule has 0 unspecified atom stereocenters. The van der Waals surface area contributed by atoms with Crippen molar-refractivity contribution < 1.29 is 19.1 Å². The molecule has 1 heterocycles. The molecule has 1 atom stereocenters. The molecular weight excluding hydrogens is 282 g/mol. The molecule has 0 N–H and O–H groups in total. The van der Waals surface area contributed by atoms with Crippen molar-refractivity contribution in [1.82, 2.24) is 4.90 Å². The van der Waals surface area contributed by atoms with Gasteiger partial charge in [0.15, 0.2) is 6.73 Å². The van der Waals surface area contributed by atoms with Crippen LogP contribution in [0.1, 0.15) is 33.3 Å². The summed E-state index contributed by atoms with van der Waals surface area (Å²) in [6, 6.07) is 9.24. The van der Waals surface area contributed by atoms with Crippen LogP contribution in [0.2, 0.25) is 0 Å². The monoisotopic (exact) mass is 305 g/mol. The molecule has 0 radical (unpaired) electrons. The van der Waals surface area contributed by atoms with Crippen LogP contribution in [-0.2, 0) is 20.9 Å². The van der Waals surface area contributed by atoms with Gasteiger partial charge in [-0.15, -0.1) is 0 Å². The lowest BCUT2D eigenvalue weighted by Gasteiger charge is -2.45. The van der Waals surface area contributed by atoms with Crippen LogP contribution < -0.4 is 0 Å². The Labute approximate surface area is 131 Å². The minimum atomic E-state index is -0.752. The van der Waals surface area contributed by atoms with Gasteiger partial charge in [0.1, 0.15) is 6.61 Å². The number of hydrogen-bond donors (Lipinski definition) is 0. The van der Waals surface area contributed by atoms with Gasteiger partial charge in [-0.05, 0) is 25.3 Å².